The maximum atomic E-state index is 8.56. The highest BCUT2D eigenvalue weighted by Gasteiger charge is 2.16. The number of hydrogen-bond donors (Lipinski definition) is 1. The molecule has 0 aromatic carbocycles. The molecule has 0 saturated heterocycles. The molecule has 0 aliphatic carbocycles. The Kier molecular flexibility index (Phi) is 8.23. The van der Waals surface area contributed by atoms with Gasteiger partial charge in [-0.2, -0.15) is 5.26 Å². The van der Waals surface area contributed by atoms with E-state index in [1.807, 2.05) is 0 Å². The molecule has 0 atom stereocenters. The van der Waals surface area contributed by atoms with Crippen LogP contribution < -0.4 is 5.32 Å². The van der Waals surface area contributed by atoms with Crippen LogP contribution in [-0.4, -0.2) is 37.6 Å². The van der Waals surface area contributed by atoms with Gasteiger partial charge in [0.1, 0.15) is 0 Å². The van der Waals surface area contributed by atoms with Gasteiger partial charge in [0, 0.05) is 26.1 Å². The summed E-state index contributed by atoms with van der Waals surface area (Å²) in [6.07, 6.45) is 1.63. The Morgan fingerprint density at radius 1 is 1.25 bits per heavy atom. The minimum absolute atomic E-state index is 0.235. The van der Waals surface area contributed by atoms with Crippen molar-refractivity contribution in [1.82, 2.24) is 10.2 Å². The van der Waals surface area contributed by atoms with E-state index < -0.39 is 0 Å². The zero-order chi connectivity index (χ0) is 12.4. The molecule has 0 amide bonds. The first-order valence-corrected chi connectivity index (χ1v) is 6.35. The van der Waals surface area contributed by atoms with E-state index in [1.54, 1.807) is 0 Å². The fourth-order valence-electron chi connectivity index (χ4n) is 1.69. The van der Waals surface area contributed by atoms with Crippen molar-refractivity contribution in [1.29, 1.82) is 5.26 Å². The Morgan fingerprint density at radius 3 is 2.38 bits per heavy atom. The lowest BCUT2D eigenvalue weighted by Crippen LogP contribution is -2.36. The first-order valence-electron chi connectivity index (χ1n) is 6.35. The molecule has 0 aromatic rings. The number of nitrogens with zero attached hydrogens (tertiary/aromatic N) is 2. The van der Waals surface area contributed by atoms with Crippen molar-refractivity contribution in [3.8, 4) is 6.07 Å². The molecule has 1 N–H and O–H groups in total. The maximum Gasteiger partial charge on any atom is 0.0621 e. The minimum atomic E-state index is 0.235. The van der Waals surface area contributed by atoms with Gasteiger partial charge in [-0.25, -0.2) is 0 Å². The van der Waals surface area contributed by atoms with Gasteiger partial charge in [-0.05, 0) is 24.9 Å². The molecule has 0 bridgehead atoms. The van der Waals surface area contributed by atoms with Crippen molar-refractivity contribution >= 4 is 0 Å². The summed E-state index contributed by atoms with van der Waals surface area (Å²) in [7, 11) is 0. The van der Waals surface area contributed by atoms with E-state index in [9.17, 15) is 0 Å². The average molecular weight is 225 g/mol. The molecule has 0 heterocycles. The summed E-state index contributed by atoms with van der Waals surface area (Å²) in [6.45, 7) is 14.2. The van der Waals surface area contributed by atoms with Crippen molar-refractivity contribution in [3.63, 3.8) is 0 Å². The van der Waals surface area contributed by atoms with Gasteiger partial charge in [-0.3, -0.25) is 0 Å². The summed E-state index contributed by atoms with van der Waals surface area (Å²) in [6, 6.07) is 2.21. The van der Waals surface area contributed by atoms with Crippen LogP contribution in [0.5, 0.6) is 0 Å². The third-order valence-electron chi connectivity index (χ3n) is 3.02. The molecule has 94 valence electrons. The van der Waals surface area contributed by atoms with Crippen LogP contribution >= 0.6 is 0 Å². The van der Waals surface area contributed by atoms with E-state index in [2.05, 4.69) is 44.0 Å². The Hall–Kier alpha value is -0.590. The topological polar surface area (TPSA) is 39.1 Å². The molecule has 0 rings (SSSR count). The van der Waals surface area contributed by atoms with Crippen LogP contribution in [0.4, 0.5) is 0 Å². The van der Waals surface area contributed by atoms with Crippen LogP contribution in [0, 0.1) is 16.7 Å². The van der Waals surface area contributed by atoms with Crippen molar-refractivity contribution in [2.75, 3.05) is 32.7 Å². The average Bonchev–Trinajstić information content (AvgIpc) is 2.27. The number of nitriles is 1. The minimum Gasteiger partial charge on any atom is -0.315 e. The van der Waals surface area contributed by atoms with Crippen molar-refractivity contribution in [2.45, 2.75) is 40.5 Å². The van der Waals surface area contributed by atoms with Crippen LogP contribution in [0.2, 0.25) is 0 Å². The Balaban J connectivity index is 3.60. The number of likely N-dealkylation sites (N-methyl/N-ethyl adjacent to an activating group) is 1. The summed E-state index contributed by atoms with van der Waals surface area (Å²) in [5.74, 6) is 0. The van der Waals surface area contributed by atoms with E-state index in [0.717, 1.165) is 39.1 Å². The second kappa shape index (κ2) is 8.55. The first-order chi connectivity index (χ1) is 7.55. The van der Waals surface area contributed by atoms with Gasteiger partial charge in [0.2, 0.25) is 0 Å². The van der Waals surface area contributed by atoms with Gasteiger partial charge in [0.25, 0.3) is 0 Å². The van der Waals surface area contributed by atoms with E-state index >= 15 is 0 Å². The Bertz CT molecular complexity index is 202. The highest BCUT2D eigenvalue weighted by atomic mass is 15.1. The quantitative estimate of drug-likeness (QED) is 0.612. The summed E-state index contributed by atoms with van der Waals surface area (Å²) >= 11 is 0. The number of nitrogens with one attached hydrogen (secondary N) is 1. The lowest BCUT2D eigenvalue weighted by atomic mass is 9.88. The predicted octanol–water partition coefficient (Wildman–Crippen LogP) is 2.25. The largest absolute Gasteiger partial charge is 0.315 e. The molecule has 0 radical (unpaired) electrons. The van der Waals surface area contributed by atoms with E-state index in [-0.39, 0.29) is 5.41 Å². The fraction of sp³-hybridized carbons (Fsp3) is 0.923. The van der Waals surface area contributed by atoms with Gasteiger partial charge < -0.3 is 10.2 Å². The number of rotatable bonds is 9. The molecule has 16 heavy (non-hydrogen) atoms. The highest BCUT2D eigenvalue weighted by Crippen LogP contribution is 2.20. The molecule has 0 aliphatic heterocycles. The Morgan fingerprint density at radius 2 is 1.88 bits per heavy atom. The van der Waals surface area contributed by atoms with Gasteiger partial charge in [-0.15, -0.1) is 0 Å². The van der Waals surface area contributed by atoms with Crippen LogP contribution in [0.3, 0.4) is 0 Å². The van der Waals surface area contributed by atoms with Crippen LogP contribution in [0.1, 0.15) is 40.5 Å². The third-order valence-corrected chi connectivity index (χ3v) is 3.02. The summed E-state index contributed by atoms with van der Waals surface area (Å²) in [4.78, 5) is 2.41. The molecule has 0 fully saturated rings. The third kappa shape index (κ3) is 7.67. The zero-order valence-electron chi connectivity index (χ0n) is 11.3. The van der Waals surface area contributed by atoms with Crippen LogP contribution in [0.15, 0.2) is 0 Å². The lowest BCUT2D eigenvalue weighted by molar-refractivity contribution is 0.278. The number of hydrogen-bond acceptors (Lipinski definition) is 3. The first kappa shape index (κ1) is 15.4. The lowest BCUT2D eigenvalue weighted by Gasteiger charge is -2.25. The molecule has 0 unspecified atom stereocenters. The van der Waals surface area contributed by atoms with Gasteiger partial charge >= 0.3 is 0 Å². The van der Waals surface area contributed by atoms with Gasteiger partial charge in [0.05, 0.1) is 6.07 Å². The molecule has 0 spiro atoms. The highest BCUT2D eigenvalue weighted by molar-refractivity contribution is 4.78. The maximum absolute atomic E-state index is 8.56. The molecule has 3 heteroatoms. The Labute approximate surface area is 101 Å². The fourth-order valence-corrected chi connectivity index (χ4v) is 1.69. The van der Waals surface area contributed by atoms with E-state index in [4.69, 9.17) is 5.26 Å². The molecule has 0 saturated carbocycles. The monoisotopic (exact) mass is 225 g/mol. The van der Waals surface area contributed by atoms with Crippen molar-refractivity contribution in [3.05, 3.63) is 0 Å². The molecular weight excluding hydrogens is 198 g/mol. The van der Waals surface area contributed by atoms with Crippen LogP contribution in [0.25, 0.3) is 0 Å². The second-order valence-corrected chi connectivity index (χ2v) is 5.03. The SMILES string of the molecule is CCN(CC)CCNCC(C)(C)CCC#N. The van der Waals surface area contributed by atoms with Gasteiger partial charge in [-0.1, -0.05) is 27.7 Å². The summed E-state index contributed by atoms with van der Waals surface area (Å²) in [5.41, 5.74) is 0.235. The smallest absolute Gasteiger partial charge is 0.0621 e. The second-order valence-electron chi connectivity index (χ2n) is 5.03. The standard InChI is InChI=1S/C13H27N3/c1-5-16(6-2)11-10-15-12-13(3,4)8-7-9-14/h15H,5-8,10-12H2,1-4H3. The molecule has 0 aliphatic rings. The van der Waals surface area contributed by atoms with E-state index in [1.165, 1.54) is 0 Å². The summed E-state index contributed by atoms with van der Waals surface area (Å²) < 4.78 is 0. The van der Waals surface area contributed by atoms with Crippen molar-refractivity contribution < 1.29 is 0 Å². The van der Waals surface area contributed by atoms with E-state index in [0.29, 0.717) is 6.42 Å². The van der Waals surface area contributed by atoms with Crippen molar-refractivity contribution in [2.24, 2.45) is 5.41 Å². The normalized spacial score (nSPS) is 11.8. The summed E-state index contributed by atoms with van der Waals surface area (Å²) in [5, 5.41) is 12.0. The molecule has 3 nitrogen and oxygen atoms in total. The molecular formula is C13H27N3. The van der Waals surface area contributed by atoms with Gasteiger partial charge in [0.15, 0.2) is 0 Å². The zero-order valence-corrected chi connectivity index (χ0v) is 11.3. The molecule has 0 aromatic heterocycles. The predicted molar refractivity (Wildman–Crippen MR) is 69.3 cm³/mol. The van der Waals surface area contributed by atoms with Crippen LogP contribution in [-0.2, 0) is 0 Å².